The smallest absolute Gasteiger partial charge is 0.329 e. The molecule has 3 aromatic rings. The Morgan fingerprint density at radius 3 is 2.48 bits per heavy atom. The summed E-state index contributed by atoms with van der Waals surface area (Å²) in [6.07, 6.45) is 1.46. The largest absolute Gasteiger partial charge is 0.494 e. The molecule has 0 heterocycles. The van der Waals surface area contributed by atoms with Crippen molar-refractivity contribution in [3.8, 4) is 5.75 Å². The van der Waals surface area contributed by atoms with Crippen LogP contribution in [0.15, 0.2) is 71.8 Å². The summed E-state index contributed by atoms with van der Waals surface area (Å²) in [5.74, 6) is -0.867. The van der Waals surface area contributed by atoms with Gasteiger partial charge in [-0.05, 0) is 48.2 Å². The summed E-state index contributed by atoms with van der Waals surface area (Å²) < 4.78 is 5.35. The maximum atomic E-state index is 12.1. The van der Waals surface area contributed by atoms with Crippen LogP contribution in [0.2, 0.25) is 0 Å². The van der Waals surface area contributed by atoms with Crippen molar-refractivity contribution in [1.29, 1.82) is 0 Å². The van der Waals surface area contributed by atoms with Crippen LogP contribution in [0.5, 0.6) is 5.75 Å². The van der Waals surface area contributed by atoms with Gasteiger partial charge in [0.15, 0.2) is 0 Å². The van der Waals surface area contributed by atoms with E-state index >= 15 is 0 Å². The zero-order chi connectivity index (χ0) is 19.1. The molecule has 136 valence electrons. The van der Waals surface area contributed by atoms with E-state index in [1.165, 1.54) is 6.21 Å². The van der Waals surface area contributed by atoms with E-state index in [-0.39, 0.29) is 0 Å². The summed E-state index contributed by atoms with van der Waals surface area (Å²) >= 11 is 0. The van der Waals surface area contributed by atoms with Gasteiger partial charge in [0.05, 0.1) is 12.8 Å². The molecule has 2 N–H and O–H groups in total. The molecule has 0 saturated carbocycles. The van der Waals surface area contributed by atoms with Gasteiger partial charge in [-0.25, -0.2) is 5.43 Å². The van der Waals surface area contributed by atoms with Gasteiger partial charge in [-0.2, -0.15) is 5.10 Å². The Bertz CT molecular complexity index is 976. The zero-order valence-electron chi connectivity index (χ0n) is 14.8. The summed E-state index contributed by atoms with van der Waals surface area (Å²) in [4.78, 5) is 24.1. The van der Waals surface area contributed by atoms with E-state index in [9.17, 15) is 9.59 Å². The number of hydrazone groups is 1. The van der Waals surface area contributed by atoms with Crippen LogP contribution in [0.3, 0.4) is 0 Å². The van der Waals surface area contributed by atoms with Gasteiger partial charge >= 0.3 is 11.8 Å². The fourth-order valence-electron chi connectivity index (χ4n) is 2.55. The lowest BCUT2D eigenvalue weighted by Gasteiger charge is -2.07. The normalized spacial score (nSPS) is 10.7. The third-order valence-corrected chi connectivity index (χ3v) is 3.81. The number of carbonyl (C=O) groups is 2. The van der Waals surface area contributed by atoms with E-state index in [4.69, 9.17) is 4.74 Å². The number of ether oxygens (including phenoxy) is 1. The molecule has 3 aromatic carbocycles. The molecule has 0 bridgehead atoms. The number of hydrogen-bond acceptors (Lipinski definition) is 4. The molecule has 3 rings (SSSR count). The summed E-state index contributed by atoms with van der Waals surface area (Å²) in [5.41, 5.74) is 3.57. The second-order valence-electron chi connectivity index (χ2n) is 5.68. The van der Waals surface area contributed by atoms with Crippen LogP contribution in [-0.2, 0) is 9.59 Å². The molecule has 0 aliphatic carbocycles. The van der Waals surface area contributed by atoms with Crippen molar-refractivity contribution in [2.75, 3.05) is 11.9 Å². The average molecular weight is 361 g/mol. The number of anilines is 1. The van der Waals surface area contributed by atoms with Crippen LogP contribution in [-0.4, -0.2) is 24.6 Å². The van der Waals surface area contributed by atoms with Gasteiger partial charge in [0, 0.05) is 11.1 Å². The van der Waals surface area contributed by atoms with Crippen molar-refractivity contribution < 1.29 is 14.3 Å². The summed E-state index contributed by atoms with van der Waals surface area (Å²) in [7, 11) is 0. The van der Waals surface area contributed by atoms with E-state index < -0.39 is 11.8 Å². The van der Waals surface area contributed by atoms with Gasteiger partial charge in [0.1, 0.15) is 5.75 Å². The van der Waals surface area contributed by atoms with Crippen LogP contribution >= 0.6 is 0 Å². The fraction of sp³-hybridized carbons (Fsp3) is 0.0952. The third-order valence-electron chi connectivity index (χ3n) is 3.81. The van der Waals surface area contributed by atoms with E-state index in [1.54, 1.807) is 30.3 Å². The van der Waals surface area contributed by atoms with E-state index in [0.29, 0.717) is 12.3 Å². The predicted octanol–water partition coefficient (Wildman–Crippen LogP) is 3.33. The van der Waals surface area contributed by atoms with Gasteiger partial charge in [-0.3, -0.25) is 9.59 Å². The topological polar surface area (TPSA) is 79.8 Å². The van der Waals surface area contributed by atoms with Crippen LogP contribution < -0.4 is 15.5 Å². The number of rotatable bonds is 5. The first-order chi connectivity index (χ1) is 13.2. The van der Waals surface area contributed by atoms with E-state index in [2.05, 4.69) is 15.8 Å². The molecular formula is C21H19N3O3. The number of nitrogens with one attached hydrogen (secondary N) is 2. The molecule has 0 radical (unpaired) electrons. The Labute approximate surface area is 156 Å². The first-order valence-electron chi connectivity index (χ1n) is 8.52. The minimum absolute atomic E-state index is 0.573. The molecule has 0 aromatic heterocycles. The standard InChI is InChI=1S/C21H19N3O3/c1-2-27-17-12-10-15(11-13-17)14-22-24-21(26)20(25)23-19-9-5-7-16-6-3-4-8-18(16)19/h3-14H,2H2,1H3,(H,23,25)(H,24,26)/b22-14-. The number of carbonyl (C=O) groups excluding carboxylic acids is 2. The quantitative estimate of drug-likeness (QED) is 0.416. The third kappa shape index (κ3) is 4.70. The number of fused-ring (bicyclic) bond motifs is 1. The Kier molecular flexibility index (Phi) is 5.79. The fourth-order valence-corrected chi connectivity index (χ4v) is 2.55. The van der Waals surface area contributed by atoms with Gasteiger partial charge in [-0.1, -0.05) is 36.4 Å². The van der Waals surface area contributed by atoms with Gasteiger partial charge in [0.2, 0.25) is 0 Å². The number of amides is 2. The first kappa shape index (κ1) is 18.1. The Hall–Kier alpha value is -3.67. The van der Waals surface area contributed by atoms with E-state index in [0.717, 1.165) is 22.1 Å². The van der Waals surface area contributed by atoms with Crippen LogP contribution in [0, 0.1) is 0 Å². The second kappa shape index (κ2) is 8.62. The second-order valence-corrected chi connectivity index (χ2v) is 5.68. The maximum Gasteiger partial charge on any atom is 0.329 e. The molecule has 6 nitrogen and oxygen atoms in total. The highest BCUT2D eigenvalue weighted by Crippen LogP contribution is 2.22. The van der Waals surface area contributed by atoms with Gasteiger partial charge in [0.25, 0.3) is 0 Å². The highest BCUT2D eigenvalue weighted by Gasteiger charge is 2.14. The van der Waals surface area contributed by atoms with E-state index in [1.807, 2.05) is 43.3 Å². The summed E-state index contributed by atoms with van der Waals surface area (Å²) in [6, 6.07) is 20.3. The first-order valence-corrected chi connectivity index (χ1v) is 8.52. The molecule has 0 aliphatic rings. The molecular weight excluding hydrogens is 342 g/mol. The zero-order valence-corrected chi connectivity index (χ0v) is 14.8. The molecule has 0 aliphatic heterocycles. The van der Waals surface area contributed by atoms with Crippen molar-refractivity contribution >= 4 is 34.5 Å². The average Bonchev–Trinajstić information content (AvgIpc) is 2.69. The molecule has 0 fully saturated rings. The summed E-state index contributed by atoms with van der Waals surface area (Å²) in [5, 5.41) is 8.27. The predicted molar refractivity (Wildman–Crippen MR) is 106 cm³/mol. The molecule has 2 amide bonds. The number of benzene rings is 3. The molecule has 27 heavy (non-hydrogen) atoms. The number of nitrogens with zero attached hydrogens (tertiary/aromatic N) is 1. The lowest BCUT2D eigenvalue weighted by atomic mass is 10.1. The lowest BCUT2D eigenvalue weighted by Crippen LogP contribution is -2.32. The molecule has 0 atom stereocenters. The SMILES string of the molecule is CCOc1ccc(/C=N\NC(=O)C(=O)Nc2cccc3ccccc23)cc1. The van der Waals surface area contributed by atoms with Crippen molar-refractivity contribution in [3.63, 3.8) is 0 Å². The molecule has 0 saturated heterocycles. The highest BCUT2D eigenvalue weighted by atomic mass is 16.5. The van der Waals surface area contributed by atoms with Crippen LogP contribution in [0.1, 0.15) is 12.5 Å². The Balaban J connectivity index is 1.59. The maximum absolute atomic E-state index is 12.1. The molecule has 0 spiro atoms. The van der Waals surface area contributed by atoms with Crippen molar-refractivity contribution in [2.24, 2.45) is 5.10 Å². The van der Waals surface area contributed by atoms with Gasteiger partial charge in [-0.15, -0.1) is 0 Å². The van der Waals surface area contributed by atoms with Crippen molar-refractivity contribution in [1.82, 2.24) is 5.43 Å². The van der Waals surface area contributed by atoms with Gasteiger partial charge < -0.3 is 10.1 Å². The minimum Gasteiger partial charge on any atom is -0.494 e. The monoisotopic (exact) mass is 361 g/mol. The molecule has 6 heteroatoms. The minimum atomic E-state index is -0.842. The Morgan fingerprint density at radius 1 is 0.963 bits per heavy atom. The van der Waals surface area contributed by atoms with Crippen molar-refractivity contribution in [2.45, 2.75) is 6.92 Å². The Morgan fingerprint density at radius 2 is 1.70 bits per heavy atom. The number of hydrogen-bond donors (Lipinski definition) is 2. The lowest BCUT2D eigenvalue weighted by molar-refractivity contribution is -0.136. The summed E-state index contributed by atoms with van der Waals surface area (Å²) in [6.45, 7) is 2.50. The van der Waals surface area contributed by atoms with Crippen LogP contribution in [0.25, 0.3) is 10.8 Å². The van der Waals surface area contributed by atoms with Crippen LogP contribution in [0.4, 0.5) is 5.69 Å². The van der Waals surface area contributed by atoms with Crippen molar-refractivity contribution in [3.05, 3.63) is 72.3 Å². The molecule has 0 unspecified atom stereocenters. The highest BCUT2D eigenvalue weighted by molar-refractivity contribution is 6.40.